The number of nitrogens with two attached hydrogens (primary N) is 1. The lowest BCUT2D eigenvalue weighted by Crippen LogP contribution is -2.58. The minimum Gasteiger partial charge on any atom is -0.479 e. The Morgan fingerprint density at radius 1 is 0.927 bits per heavy atom. The number of fused-ring (bicyclic) bond motifs is 5. The number of benzene rings is 1. The maximum atomic E-state index is 14.2. The highest BCUT2D eigenvalue weighted by molar-refractivity contribution is 6.01. The van der Waals surface area contributed by atoms with Gasteiger partial charge in [0.1, 0.15) is 5.71 Å². The second-order valence-electron chi connectivity index (χ2n) is 12.6. The lowest BCUT2D eigenvalue weighted by molar-refractivity contribution is -0.142. The molecule has 10 heteroatoms. The highest BCUT2D eigenvalue weighted by Crippen LogP contribution is 2.47. The quantitative estimate of drug-likeness (QED) is 0.347. The van der Waals surface area contributed by atoms with Crippen molar-refractivity contribution in [2.24, 2.45) is 22.7 Å². The molecule has 2 saturated heterocycles. The summed E-state index contributed by atoms with van der Waals surface area (Å²) in [6.45, 7) is -0.660. The summed E-state index contributed by atoms with van der Waals surface area (Å²) < 4.78 is 1.90. The van der Waals surface area contributed by atoms with Crippen LogP contribution in [0.1, 0.15) is 95.2 Å². The normalized spacial score (nSPS) is 30.2. The summed E-state index contributed by atoms with van der Waals surface area (Å²) in [5.41, 5.74) is 6.77. The lowest BCUT2D eigenvalue weighted by Gasteiger charge is -2.55. The molecular weight excluding hydrogens is 522 g/mol. The Bertz CT molecular complexity index is 1360. The summed E-state index contributed by atoms with van der Waals surface area (Å²) >= 11 is 0. The van der Waals surface area contributed by atoms with Crippen molar-refractivity contribution in [1.29, 1.82) is 0 Å². The number of aliphatic carboxylic acids is 1. The second-order valence-corrected chi connectivity index (χ2v) is 12.6. The number of carboxylic acids is 1. The first-order chi connectivity index (χ1) is 19.9. The van der Waals surface area contributed by atoms with Gasteiger partial charge in [-0.1, -0.05) is 43.0 Å². The molecule has 2 aromatic rings. The molecule has 2 saturated carbocycles. The summed E-state index contributed by atoms with van der Waals surface area (Å²) in [5.74, 6) is 0.0133. The molecule has 3 N–H and O–H groups in total. The smallest absolute Gasteiger partial charge is 0.344 e. The van der Waals surface area contributed by atoms with Crippen LogP contribution in [0.15, 0.2) is 34.2 Å². The Morgan fingerprint density at radius 2 is 1.61 bits per heavy atom. The van der Waals surface area contributed by atoms with Gasteiger partial charge in [0, 0.05) is 37.0 Å². The van der Waals surface area contributed by atoms with Gasteiger partial charge in [0.25, 0.3) is 5.56 Å². The topological polar surface area (TPSA) is 140 Å². The van der Waals surface area contributed by atoms with E-state index in [9.17, 15) is 14.4 Å². The monoisotopic (exact) mass is 563 g/mol. The van der Waals surface area contributed by atoms with E-state index in [0.29, 0.717) is 23.6 Å². The summed E-state index contributed by atoms with van der Waals surface area (Å²) in [5, 5.41) is 13.0. The molecule has 3 heterocycles. The van der Waals surface area contributed by atoms with Crippen LogP contribution in [0.5, 0.6) is 0 Å². The number of hydrogen-bond donors (Lipinski definition) is 2. The van der Waals surface area contributed by atoms with E-state index >= 15 is 0 Å². The number of piperidine rings is 2. The molecule has 1 aromatic carbocycles. The molecule has 6 rings (SSSR count). The standard InChI is InChI=1S/C31H41N5O5/c32-28(37)12-11-26(34-41-18-29(38)39)30-31(40)36(27-10-2-1-9-25(27)33-30)24-16-21-7-4-8-22(17-24)35(21)23-14-19-5-3-6-20(13-19)15-23/h1-2,9-10,19-24H,3-8,11-18H2,(H2,32,37)(H,38,39). The predicted molar refractivity (Wildman–Crippen MR) is 155 cm³/mol. The second kappa shape index (κ2) is 11.9. The minimum atomic E-state index is -1.19. The van der Waals surface area contributed by atoms with Crippen molar-refractivity contribution < 1.29 is 19.5 Å². The largest absolute Gasteiger partial charge is 0.479 e. The molecule has 10 nitrogen and oxygen atoms in total. The number of rotatable bonds is 9. The molecule has 4 bridgehead atoms. The first kappa shape index (κ1) is 27.9. The molecule has 0 spiro atoms. The predicted octanol–water partition coefficient (Wildman–Crippen LogP) is 3.99. The van der Waals surface area contributed by atoms with Crippen LogP contribution >= 0.6 is 0 Å². The Balaban J connectivity index is 1.34. The number of nitrogens with zero attached hydrogens (tertiary/aromatic N) is 4. The zero-order valence-electron chi connectivity index (χ0n) is 23.6. The SMILES string of the molecule is NC(=O)CCC(=NOCC(=O)O)c1nc2ccccc2n(C2CC3CCCC(C2)N3C2CC3CCCC(C3)C2)c1=O. The van der Waals surface area contributed by atoms with Crippen molar-refractivity contribution >= 4 is 28.6 Å². The first-order valence-corrected chi connectivity index (χ1v) is 15.4. The molecular formula is C31H41N5O5. The molecule has 2 aliphatic heterocycles. The van der Waals surface area contributed by atoms with Gasteiger partial charge in [-0.15, -0.1) is 0 Å². The molecule has 1 aromatic heterocycles. The fraction of sp³-hybridized carbons (Fsp3) is 0.645. The average molecular weight is 564 g/mol. The van der Waals surface area contributed by atoms with Gasteiger partial charge in [-0.25, -0.2) is 9.78 Å². The Kier molecular flexibility index (Phi) is 8.10. The number of amides is 1. The fourth-order valence-corrected chi connectivity index (χ4v) is 8.45. The number of oxime groups is 1. The van der Waals surface area contributed by atoms with Crippen molar-refractivity contribution in [2.75, 3.05) is 6.61 Å². The van der Waals surface area contributed by atoms with E-state index in [4.69, 9.17) is 15.7 Å². The fourth-order valence-electron chi connectivity index (χ4n) is 8.45. The maximum Gasteiger partial charge on any atom is 0.344 e. The van der Waals surface area contributed by atoms with Gasteiger partial charge < -0.3 is 20.2 Å². The summed E-state index contributed by atoms with van der Waals surface area (Å²) in [4.78, 5) is 49.4. The Morgan fingerprint density at radius 3 is 2.29 bits per heavy atom. The number of para-hydroxylation sites is 2. The van der Waals surface area contributed by atoms with Crippen LogP contribution in [0.25, 0.3) is 11.0 Å². The molecule has 1 amide bonds. The van der Waals surface area contributed by atoms with Crippen LogP contribution in [0, 0.1) is 11.8 Å². The molecule has 0 radical (unpaired) electrons. The van der Waals surface area contributed by atoms with E-state index in [1.807, 2.05) is 28.8 Å². The van der Waals surface area contributed by atoms with E-state index < -0.39 is 18.5 Å². The van der Waals surface area contributed by atoms with Crippen LogP contribution in [0.3, 0.4) is 0 Å². The molecule has 4 atom stereocenters. The van der Waals surface area contributed by atoms with Crippen LogP contribution < -0.4 is 11.3 Å². The van der Waals surface area contributed by atoms with Crippen LogP contribution in [0.4, 0.5) is 0 Å². The van der Waals surface area contributed by atoms with Crippen molar-refractivity contribution in [3.8, 4) is 0 Å². The third-order valence-corrected chi connectivity index (χ3v) is 9.93. The molecule has 41 heavy (non-hydrogen) atoms. The van der Waals surface area contributed by atoms with Gasteiger partial charge in [0.15, 0.2) is 5.69 Å². The van der Waals surface area contributed by atoms with Crippen molar-refractivity contribution in [3.63, 3.8) is 0 Å². The van der Waals surface area contributed by atoms with Crippen LogP contribution in [0.2, 0.25) is 0 Å². The average Bonchev–Trinajstić information content (AvgIpc) is 2.93. The Hall–Kier alpha value is -3.27. The summed E-state index contributed by atoms with van der Waals surface area (Å²) in [6, 6.07) is 9.22. The molecule has 4 aliphatic rings. The molecule has 4 unspecified atom stereocenters. The number of carboxylic acid groups (broad SMARTS) is 1. The third kappa shape index (κ3) is 5.89. The highest BCUT2D eigenvalue weighted by Gasteiger charge is 2.45. The maximum absolute atomic E-state index is 14.2. The van der Waals surface area contributed by atoms with E-state index in [0.717, 1.165) is 43.0 Å². The first-order valence-electron chi connectivity index (χ1n) is 15.4. The summed E-state index contributed by atoms with van der Waals surface area (Å²) in [7, 11) is 0. The highest BCUT2D eigenvalue weighted by atomic mass is 16.6. The number of carbonyl (C=O) groups is 2. The van der Waals surface area contributed by atoms with E-state index in [1.54, 1.807) is 0 Å². The van der Waals surface area contributed by atoms with Crippen molar-refractivity contribution in [2.45, 2.75) is 108 Å². The van der Waals surface area contributed by atoms with E-state index in [2.05, 4.69) is 15.0 Å². The Labute approximate surface area is 239 Å². The lowest BCUT2D eigenvalue weighted by atomic mass is 9.68. The van der Waals surface area contributed by atoms with E-state index in [-0.39, 0.29) is 35.8 Å². The number of carbonyl (C=O) groups excluding carboxylic acids is 1. The van der Waals surface area contributed by atoms with Crippen LogP contribution in [-0.2, 0) is 14.4 Å². The number of aromatic nitrogens is 2. The number of primary amides is 1. The van der Waals surface area contributed by atoms with Gasteiger partial charge in [-0.05, 0) is 68.9 Å². The van der Waals surface area contributed by atoms with Gasteiger partial charge in [0.2, 0.25) is 12.5 Å². The molecule has 4 fully saturated rings. The zero-order valence-corrected chi connectivity index (χ0v) is 23.6. The van der Waals surface area contributed by atoms with Crippen molar-refractivity contribution in [3.05, 3.63) is 40.3 Å². The third-order valence-electron chi connectivity index (χ3n) is 9.93. The summed E-state index contributed by atoms with van der Waals surface area (Å²) in [6.07, 6.45) is 13.6. The molecule has 2 aliphatic carbocycles. The van der Waals surface area contributed by atoms with Gasteiger partial charge in [0.05, 0.1) is 11.0 Å². The van der Waals surface area contributed by atoms with Gasteiger partial charge >= 0.3 is 5.97 Å². The minimum absolute atomic E-state index is 0.0149. The molecule has 220 valence electrons. The zero-order chi connectivity index (χ0) is 28.5. The van der Waals surface area contributed by atoms with Gasteiger partial charge in [-0.2, -0.15) is 0 Å². The number of hydrogen-bond acceptors (Lipinski definition) is 7. The van der Waals surface area contributed by atoms with Gasteiger partial charge in [-0.3, -0.25) is 14.5 Å². The van der Waals surface area contributed by atoms with E-state index in [1.165, 1.54) is 44.9 Å². The van der Waals surface area contributed by atoms with Crippen LogP contribution in [-0.4, -0.2) is 61.9 Å². The van der Waals surface area contributed by atoms with Crippen molar-refractivity contribution in [1.82, 2.24) is 14.5 Å².